The number of hydrogen-bond donors (Lipinski definition) is 1. The lowest BCUT2D eigenvalue weighted by Crippen LogP contribution is -2.54. The summed E-state index contributed by atoms with van der Waals surface area (Å²) in [4.78, 5) is 14.7. The minimum Gasteiger partial charge on any atom is -0.465 e. The fraction of sp³-hybridized carbons (Fsp3) is 0.462. The fourth-order valence-electron chi connectivity index (χ4n) is 3.04. The molecule has 0 radical (unpaired) electrons. The molecule has 17 heavy (non-hydrogen) atoms. The van der Waals surface area contributed by atoms with E-state index in [1.807, 2.05) is 6.20 Å². The number of hydrogen-bond acceptors (Lipinski definition) is 2. The van der Waals surface area contributed by atoms with Gasteiger partial charge in [0.25, 0.3) is 0 Å². The molecule has 2 aliphatic heterocycles. The van der Waals surface area contributed by atoms with Crippen LogP contribution in [0.2, 0.25) is 0 Å². The van der Waals surface area contributed by atoms with Crippen LogP contribution in [0.5, 0.6) is 0 Å². The van der Waals surface area contributed by atoms with Crippen LogP contribution in [0.3, 0.4) is 0 Å². The van der Waals surface area contributed by atoms with Crippen molar-refractivity contribution in [3.05, 3.63) is 36.7 Å². The fourth-order valence-corrected chi connectivity index (χ4v) is 3.04. The first kappa shape index (κ1) is 10.4. The minimum absolute atomic E-state index is 0.288. The van der Waals surface area contributed by atoms with Crippen LogP contribution < -0.4 is 0 Å². The molecule has 0 aromatic heterocycles. The lowest BCUT2D eigenvalue weighted by atomic mass is 9.77. The van der Waals surface area contributed by atoms with Crippen LogP contribution in [-0.2, 0) is 0 Å². The van der Waals surface area contributed by atoms with Crippen molar-refractivity contribution in [2.24, 2.45) is 11.8 Å². The van der Waals surface area contributed by atoms with E-state index < -0.39 is 6.09 Å². The van der Waals surface area contributed by atoms with Crippen LogP contribution in [-0.4, -0.2) is 40.1 Å². The van der Waals surface area contributed by atoms with E-state index in [0.717, 1.165) is 13.0 Å². The molecule has 0 bridgehead atoms. The Bertz CT molecular complexity index is 414. The van der Waals surface area contributed by atoms with Gasteiger partial charge in [0.1, 0.15) is 0 Å². The maximum absolute atomic E-state index is 11.0. The van der Waals surface area contributed by atoms with Crippen LogP contribution in [0.1, 0.15) is 6.42 Å². The van der Waals surface area contributed by atoms with Crippen molar-refractivity contribution in [1.82, 2.24) is 9.80 Å². The third-order valence-electron chi connectivity index (χ3n) is 3.96. The molecule has 1 amide bonds. The molecule has 3 rings (SSSR count). The number of carboxylic acid groups (broad SMARTS) is 1. The van der Waals surface area contributed by atoms with Gasteiger partial charge in [0, 0.05) is 31.4 Å². The van der Waals surface area contributed by atoms with Gasteiger partial charge in [-0.1, -0.05) is 24.3 Å². The molecule has 1 aliphatic carbocycles. The summed E-state index contributed by atoms with van der Waals surface area (Å²) in [6.45, 7) is 1.60. The van der Waals surface area contributed by atoms with Gasteiger partial charge in [-0.15, -0.1) is 0 Å². The summed E-state index contributed by atoms with van der Waals surface area (Å²) in [5.41, 5.74) is 0. The van der Waals surface area contributed by atoms with Crippen molar-refractivity contribution < 1.29 is 9.90 Å². The highest BCUT2D eigenvalue weighted by Crippen LogP contribution is 2.35. The Hall–Kier alpha value is -1.71. The van der Waals surface area contributed by atoms with Crippen molar-refractivity contribution in [3.63, 3.8) is 0 Å². The van der Waals surface area contributed by atoms with Crippen LogP contribution in [0.15, 0.2) is 36.7 Å². The highest BCUT2D eigenvalue weighted by Gasteiger charge is 2.38. The number of amides is 1. The minimum atomic E-state index is -0.863. The Morgan fingerprint density at radius 3 is 2.88 bits per heavy atom. The average Bonchev–Trinajstić information content (AvgIpc) is 2.38. The Labute approximate surface area is 101 Å². The highest BCUT2D eigenvalue weighted by molar-refractivity contribution is 5.66. The molecule has 0 aromatic rings. The SMILES string of the molecule is O=C(O)N1C=CN2CCC3C=CC=CC3C2C1. The number of nitrogens with zero attached hydrogens (tertiary/aromatic N) is 2. The van der Waals surface area contributed by atoms with Gasteiger partial charge in [0.2, 0.25) is 0 Å². The third kappa shape index (κ3) is 1.73. The van der Waals surface area contributed by atoms with E-state index in [2.05, 4.69) is 29.2 Å². The second-order valence-corrected chi connectivity index (χ2v) is 4.84. The molecular formula is C13H16N2O2. The van der Waals surface area contributed by atoms with Gasteiger partial charge < -0.3 is 10.0 Å². The third-order valence-corrected chi connectivity index (χ3v) is 3.96. The topological polar surface area (TPSA) is 43.8 Å². The van der Waals surface area contributed by atoms with E-state index in [-0.39, 0.29) is 6.04 Å². The number of allylic oxidation sites excluding steroid dienone is 3. The van der Waals surface area contributed by atoms with Crippen molar-refractivity contribution in [3.8, 4) is 0 Å². The lowest BCUT2D eigenvalue weighted by Gasteiger charge is -2.47. The van der Waals surface area contributed by atoms with Crippen LogP contribution in [0, 0.1) is 11.8 Å². The van der Waals surface area contributed by atoms with Crippen molar-refractivity contribution >= 4 is 6.09 Å². The van der Waals surface area contributed by atoms with Gasteiger partial charge in [-0.05, 0) is 12.3 Å². The molecule has 0 saturated carbocycles. The number of carbonyl (C=O) groups is 1. The molecule has 2 heterocycles. The molecule has 0 aromatic carbocycles. The average molecular weight is 232 g/mol. The first-order valence-corrected chi connectivity index (χ1v) is 6.04. The summed E-state index contributed by atoms with van der Waals surface area (Å²) < 4.78 is 0. The largest absolute Gasteiger partial charge is 0.465 e. The predicted octanol–water partition coefficient (Wildman–Crippen LogP) is 1.88. The maximum Gasteiger partial charge on any atom is 0.411 e. The summed E-state index contributed by atoms with van der Waals surface area (Å²) in [5, 5.41) is 9.05. The standard InChI is InChI=1S/C13H16N2O2/c16-13(17)15-8-7-14-6-5-10-3-1-2-4-11(10)12(14)9-15/h1-4,7-8,10-12H,5-6,9H2,(H,16,17). The van der Waals surface area contributed by atoms with Gasteiger partial charge in [-0.25, -0.2) is 4.79 Å². The van der Waals surface area contributed by atoms with E-state index in [0.29, 0.717) is 18.4 Å². The molecular weight excluding hydrogens is 216 g/mol. The van der Waals surface area contributed by atoms with Gasteiger partial charge in [0.05, 0.1) is 6.04 Å². The van der Waals surface area contributed by atoms with E-state index in [4.69, 9.17) is 5.11 Å². The van der Waals surface area contributed by atoms with E-state index in [1.54, 1.807) is 6.20 Å². The van der Waals surface area contributed by atoms with E-state index in [1.165, 1.54) is 4.90 Å². The van der Waals surface area contributed by atoms with Crippen molar-refractivity contribution in [1.29, 1.82) is 0 Å². The second-order valence-electron chi connectivity index (χ2n) is 4.84. The quantitative estimate of drug-likeness (QED) is 0.693. The Kier molecular flexibility index (Phi) is 2.42. The summed E-state index contributed by atoms with van der Waals surface area (Å²) in [6.07, 6.45) is 12.5. The van der Waals surface area contributed by atoms with Gasteiger partial charge in [0.15, 0.2) is 0 Å². The van der Waals surface area contributed by atoms with Crippen LogP contribution in [0.25, 0.3) is 0 Å². The Balaban J connectivity index is 1.84. The molecule has 3 unspecified atom stereocenters. The summed E-state index contributed by atoms with van der Waals surface area (Å²) in [6, 6.07) is 0.288. The normalized spacial score (nSPS) is 34.5. The molecule has 3 aliphatic rings. The Morgan fingerprint density at radius 2 is 2.06 bits per heavy atom. The molecule has 4 nitrogen and oxygen atoms in total. The highest BCUT2D eigenvalue weighted by atomic mass is 16.4. The number of rotatable bonds is 0. The zero-order valence-electron chi connectivity index (χ0n) is 9.57. The molecule has 0 spiro atoms. The summed E-state index contributed by atoms with van der Waals surface area (Å²) in [5.74, 6) is 1.02. The second kappa shape index (κ2) is 3.95. The molecule has 1 saturated heterocycles. The van der Waals surface area contributed by atoms with Crippen LogP contribution in [0.4, 0.5) is 4.79 Å². The summed E-state index contributed by atoms with van der Waals surface area (Å²) >= 11 is 0. The van der Waals surface area contributed by atoms with Crippen molar-refractivity contribution in [2.45, 2.75) is 12.5 Å². The molecule has 90 valence electrons. The van der Waals surface area contributed by atoms with Crippen molar-refractivity contribution in [2.75, 3.05) is 13.1 Å². The zero-order chi connectivity index (χ0) is 11.8. The van der Waals surface area contributed by atoms with E-state index in [9.17, 15) is 4.79 Å². The molecule has 1 N–H and O–H groups in total. The lowest BCUT2D eigenvalue weighted by molar-refractivity contribution is 0.0841. The monoisotopic (exact) mass is 232 g/mol. The van der Waals surface area contributed by atoms with Gasteiger partial charge in [-0.3, -0.25) is 4.90 Å². The number of fused-ring (bicyclic) bond motifs is 3. The van der Waals surface area contributed by atoms with Gasteiger partial charge in [-0.2, -0.15) is 0 Å². The number of piperidine rings is 1. The molecule has 4 heteroatoms. The zero-order valence-corrected chi connectivity index (χ0v) is 9.57. The maximum atomic E-state index is 11.0. The first-order chi connectivity index (χ1) is 8.25. The smallest absolute Gasteiger partial charge is 0.411 e. The summed E-state index contributed by atoms with van der Waals surface area (Å²) in [7, 11) is 0. The van der Waals surface area contributed by atoms with E-state index >= 15 is 0 Å². The van der Waals surface area contributed by atoms with Crippen LogP contribution >= 0.6 is 0 Å². The van der Waals surface area contributed by atoms with Gasteiger partial charge >= 0.3 is 6.09 Å². The first-order valence-electron chi connectivity index (χ1n) is 6.04. The molecule has 1 fully saturated rings. The predicted molar refractivity (Wildman–Crippen MR) is 64.2 cm³/mol. The Morgan fingerprint density at radius 1 is 1.24 bits per heavy atom. The molecule has 3 atom stereocenters.